The van der Waals surface area contributed by atoms with Gasteiger partial charge in [-0.1, -0.05) is 10.7 Å². The Balaban J connectivity index is 2.27. The Morgan fingerprint density at radius 1 is 1.44 bits per heavy atom. The summed E-state index contributed by atoms with van der Waals surface area (Å²) in [6.07, 6.45) is 3.12. The van der Waals surface area contributed by atoms with Crippen molar-refractivity contribution in [3.63, 3.8) is 0 Å². The highest BCUT2D eigenvalue weighted by Gasteiger charge is 2.14. The summed E-state index contributed by atoms with van der Waals surface area (Å²) in [5, 5.41) is 0. The summed E-state index contributed by atoms with van der Waals surface area (Å²) in [7, 11) is -4.31. The zero-order chi connectivity index (χ0) is 11.6. The van der Waals surface area contributed by atoms with Crippen molar-refractivity contribution in [1.82, 2.24) is 9.47 Å². The Hall–Kier alpha value is -1.38. The van der Waals surface area contributed by atoms with Gasteiger partial charge in [-0.05, 0) is 12.1 Å². The lowest BCUT2D eigenvalue weighted by Gasteiger charge is -1.97. The molecule has 0 amide bonds. The van der Waals surface area contributed by atoms with Gasteiger partial charge in [-0.25, -0.2) is 8.42 Å². The molecule has 0 radical (unpaired) electrons. The van der Waals surface area contributed by atoms with Crippen LogP contribution in [-0.4, -0.2) is 22.4 Å². The van der Waals surface area contributed by atoms with Crippen LogP contribution in [0.4, 0.5) is 0 Å². The molecular formula is C8H7N3O3S2. The fraction of sp³-hybridized carbons (Fsp3) is 0.125. The third-order valence-electron chi connectivity index (χ3n) is 1.72. The largest absolute Gasteiger partial charge is 0.743 e. The Kier molecular flexibility index (Phi) is 2.95. The summed E-state index contributed by atoms with van der Waals surface area (Å²) in [5.74, 6) is -0.656. The Bertz CT molecular complexity index is 580. The Morgan fingerprint density at radius 2 is 2.25 bits per heavy atom. The van der Waals surface area contributed by atoms with Crippen molar-refractivity contribution in [2.75, 3.05) is 0 Å². The van der Waals surface area contributed by atoms with Gasteiger partial charge in [-0.3, -0.25) is 4.98 Å². The topological polar surface area (TPSA) is 86.9 Å². The lowest BCUT2D eigenvalue weighted by Crippen LogP contribution is -2.38. The molecule has 0 aliphatic carbocycles. The van der Waals surface area contributed by atoms with Crippen molar-refractivity contribution in [2.45, 2.75) is 5.88 Å². The SMILES string of the molecule is O=S(=O)([O-])C[n+]1cc(-c2ccccn2)sn1. The molecule has 8 heteroatoms. The second-order valence-corrected chi connectivity index (χ2v) is 5.17. The fourth-order valence-electron chi connectivity index (χ4n) is 1.12. The summed E-state index contributed by atoms with van der Waals surface area (Å²) in [5.41, 5.74) is 0.696. The molecule has 2 heterocycles. The molecule has 2 rings (SSSR count). The van der Waals surface area contributed by atoms with Crippen molar-refractivity contribution >= 4 is 21.7 Å². The summed E-state index contributed by atoms with van der Waals surface area (Å²) in [6, 6.07) is 5.38. The molecule has 0 bridgehead atoms. The maximum Gasteiger partial charge on any atom is 0.263 e. The van der Waals surface area contributed by atoms with Crippen molar-refractivity contribution in [2.24, 2.45) is 0 Å². The molecule has 0 saturated carbocycles. The number of rotatable bonds is 3. The van der Waals surface area contributed by atoms with Gasteiger partial charge in [0.15, 0.2) is 10.1 Å². The van der Waals surface area contributed by atoms with E-state index >= 15 is 0 Å². The number of hydrogen-bond acceptors (Lipinski definition) is 6. The van der Waals surface area contributed by atoms with E-state index in [0.717, 1.165) is 16.2 Å². The molecule has 2 aromatic rings. The number of aromatic nitrogens is 3. The molecule has 0 atom stereocenters. The minimum absolute atomic E-state index is 0.656. The van der Waals surface area contributed by atoms with Crippen molar-refractivity contribution in [1.29, 1.82) is 0 Å². The zero-order valence-electron chi connectivity index (χ0n) is 7.98. The maximum absolute atomic E-state index is 10.5. The van der Waals surface area contributed by atoms with Gasteiger partial charge >= 0.3 is 0 Å². The third-order valence-corrected chi connectivity index (χ3v) is 3.10. The lowest BCUT2D eigenvalue weighted by atomic mass is 10.3. The van der Waals surface area contributed by atoms with E-state index in [2.05, 4.69) is 9.47 Å². The Labute approximate surface area is 96.1 Å². The van der Waals surface area contributed by atoms with Crippen LogP contribution in [0.25, 0.3) is 10.6 Å². The summed E-state index contributed by atoms with van der Waals surface area (Å²) >= 11 is 1.09. The van der Waals surface area contributed by atoms with Crippen LogP contribution in [0, 0.1) is 0 Å². The molecule has 0 fully saturated rings. The highest BCUT2D eigenvalue weighted by molar-refractivity contribution is 7.84. The lowest BCUT2D eigenvalue weighted by molar-refractivity contribution is -0.728. The second-order valence-electron chi connectivity index (χ2n) is 3.01. The fourth-order valence-corrected chi connectivity index (χ4v) is 2.33. The van der Waals surface area contributed by atoms with E-state index in [1.165, 1.54) is 6.20 Å². The Morgan fingerprint density at radius 3 is 2.88 bits per heavy atom. The smallest absolute Gasteiger partial charge is 0.263 e. The maximum atomic E-state index is 10.5. The van der Waals surface area contributed by atoms with Crippen LogP contribution in [0.5, 0.6) is 0 Å². The minimum Gasteiger partial charge on any atom is -0.743 e. The van der Waals surface area contributed by atoms with Crippen LogP contribution in [-0.2, 0) is 16.0 Å². The first-order chi connectivity index (χ1) is 7.54. The zero-order valence-corrected chi connectivity index (χ0v) is 9.61. The monoisotopic (exact) mass is 257 g/mol. The average molecular weight is 257 g/mol. The van der Waals surface area contributed by atoms with Gasteiger partial charge in [-0.15, -0.1) is 0 Å². The van der Waals surface area contributed by atoms with Crippen molar-refractivity contribution < 1.29 is 17.7 Å². The molecule has 0 aliphatic heterocycles. The van der Waals surface area contributed by atoms with Crippen LogP contribution in [0.2, 0.25) is 0 Å². The van der Waals surface area contributed by atoms with E-state index in [1.54, 1.807) is 18.3 Å². The van der Waals surface area contributed by atoms with Crippen molar-refractivity contribution in [3.8, 4) is 10.6 Å². The molecule has 0 aromatic carbocycles. The van der Waals surface area contributed by atoms with Crippen LogP contribution in [0.1, 0.15) is 0 Å². The number of pyridine rings is 1. The van der Waals surface area contributed by atoms with E-state index in [0.29, 0.717) is 10.6 Å². The molecule has 16 heavy (non-hydrogen) atoms. The predicted octanol–water partition coefficient (Wildman–Crippen LogP) is -0.00470. The first-order valence-corrected chi connectivity index (χ1v) is 6.61. The predicted molar refractivity (Wildman–Crippen MR) is 55.2 cm³/mol. The molecule has 0 aliphatic rings. The van der Waals surface area contributed by atoms with Crippen LogP contribution in [0.3, 0.4) is 0 Å². The highest BCUT2D eigenvalue weighted by atomic mass is 32.2. The van der Waals surface area contributed by atoms with E-state index in [4.69, 9.17) is 0 Å². The molecule has 0 saturated heterocycles. The van der Waals surface area contributed by atoms with E-state index in [1.807, 2.05) is 6.07 Å². The first-order valence-electron chi connectivity index (χ1n) is 4.26. The molecule has 0 N–H and O–H groups in total. The van der Waals surface area contributed by atoms with Gasteiger partial charge in [0.05, 0.1) is 10.2 Å². The number of nitrogens with zero attached hydrogens (tertiary/aromatic N) is 3. The molecular weight excluding hydrogens is 250 g/mol. The number of hydrogen-bond donors (Lipinski definition) is 0. The van der Waals surface area contributed by atoms with E-state index in [-0.39, 0.29) is 0 Å². The van der Waals surface area contributed by atoms with Gasteiger partial charge in [0, 0.05) is 17.7 Å². The third kappa shape index (κ3) is 2.81. The standard InChI is InChI=1S/C8H7N3O3S2/c12-16(13,14)6-11-5-8(15-10-11)7-3-1-2-4-9-7/h1-5H,6H2. The molecule has 0 spiro atoms. The van der Waals surface area contributed by atoms with Crippen LogP contribution in [0.15, 0.2) is 30.6 Å². The van der Waals surface area contributed by atoms with Gasteiger partial charge in [-0.2, -0.15) is 0 Å². The molecule has 2 aromatic heterocycles. The highest BCUT2D eigenvalue weighted by Crippen LogP contribution is 2.17. The van der Waals surface area contributed by atoms with E-state index in [9.17, 15) is 13.0 Å². The summed E-state index contributed by atoms with van der Waals surface area (Å²) < 4.78 is 36.5. The first kappa shape index (κ1) is 11.1. The molecule has 84 valence electrons. The van der Waals surface area contributed by atoms with Gasteiger partial charge in [0.1, 0.15) is 4.88 Å². The molecule has 0 unspecified atom stereocenters. The van der Waals surface area contributed by atoms with Gasteiger partial charge in [0.2, 0.25) is 6.20 Å². The summed E-state index contributed by atoms with van der Waals surface area (Å²) in [6.45, 7) is 0. The quantitative estimate of drug-likeness (QED) is 0.570. The van der Waals surface area contributed by atoms with E-state index < -0.39 is 16.0 Å². The summed E-state index contributed by atoms with van der Waals surface area (Å²) in [4.78, 5) is 4.80. The van der Waals surface area contributed by atoms with Crippen LogP contribution < -0.4 is 4.68 Å². The average Bonchev–Trinajstić information content (AvgIpc) is 2.65. The molecule has 6 nitrogen and oxygen atoms in total. The second kappa shape index (κ2) is 4.24. The van der Waals surface area contributed by atoms with Gasteiger partial charge in [0.25, 0.3) is 5.88 Å². The minimum atomic E-state index is -4.31. The normalized spacial score (nSPS) is 11.6. The van der Waals surface area contributed by atoms with Gasteiger partial charge < -0.3 is 4.55 Å². The van der Waals surface area contributed by atoms with Crippen molar-refractivity contribution in [3.05, 3.63) is 30.6 Å². The van der Waals surface area contributed by atoms with Crippen LogP contribution >= 0.6 is 11.5 Å².